The van der Waals surface area contributed by atoms with Gasteiger partial charge in [-0.05, 0) is 38.3 Å². The van der Waals surface area contributed by atoms with Gasteiger partial charge in [-0.25, -0.2) is 4.98 Å². The molecule has 1 fully saturated rings. The number of aromatic nitrogens is 3. The van der Waals surface area contributed by atoms with Crippen LogP contribution in [0.15, 0.2) is 35.4 Å². The Balaban J connectivity index is 1.63. The number of likely N-dealkylation sites (tertiary alicyclic amines) is 1. The maximum Gasteiger partial charge on any atom is 0.259 e. The molecular weight excluding hydrogens is 336 g/mol. The number of nitrogens with zero attached hydrogens (tertiary/aromatic N) is 3. The van der Waals surface area contributed by atoms with Crippen LogP contribution in [0.25, 0.3) is 5.78 Å². The van der Waals surface area contributed by atoms with E-state index in [4.69, 9.17) is 0 Å². The Bertz CT molecular complexity index is 971. The first-order chi connectivity index (χ1) is 12.1. The highest BCUT2D eigenvalue weighted by Crippen LogP contribution is 2.30. The Morgan fingerprint density at radius 1 is 1.40 bits per heavy atom. The van der Waals surface area contributed by atoms with E-state index in [2.05, 4.69) is 9.97 Å². The maximum atomic E-state index is 12.9. The van der Waals surface area contributed by atoms with Gasteiger partial charge in [0.15, 0.2) is 0 Å². The highest BCUT2D eigenvalue weighted by Gasteiger charge is 2.29. The van der Waals surface area contributed by atoms with Gasteiger partial charge in [0.2, 0.25) is 11.7 Å². The first-order valence-electron chi connectivity index (χ1n) is 8.53. The largest absolute Gasteiger partial charge is 0.334 e. The molecule has 1 aliphatic heterocycles. The first-order valence-corrected chi connectivity index (χ1v) is 9.34. The Labute approximate surface area is 149 Å². The maximum absolute atomic E-state index is 12.9. The third kappa shape index (κ3) is 3.11. The van der Waals surface area contributed by atoms with Gasteiger partial charge in [0, 0.05) is 40.5 Å². The number of amides is 1. The standard InChI is InChI=1S/C18H20N4O2S/c1-12-5-6-13(25-12)10-16(23)21-8-3-2-4-15(21)14-11-17(24)22-9-7-19-18(22)20-14/h5-7,9,11,15H,2-4,8,10H2,1H3,(H,19,20)/t15-/m1/s1. The number of piperidine rings is 1. The van der Waals surface area contributed by atoms with Crippen molar-refractivity contribution in [3.05, 3.63) is 56.4 Å². The number of H-pyrrole nitrogens is 1. The van der Waals surface area contributed by atoms with Crippen LogP contribution in [0.3, 0.4) is 0 Å². The Morgan fingerprint density at radius 3 is 3.08 bits per heavy atom. The quantitative estimate of drug-likeness (QED) is 0.784. The number of aryl methyl sites for hydroxylation is 1. The zero-order valence-corrected chi connectivity index (χ0v) is 14.9. The number of hydrogen-bond acceptors (Lipinski definition) is 4. The van der Waals surface area contributed by atoms with Crippen molar-refractivity contribution in [3.63, 3.8) is 0 Å². The van der Waals surface area contributed by atoms with E-state index < -0.39 is 0 Å². The van der Waals surface area contributed by atoms with E-state index in [1.165, 1.54) is 9.28 Å². The zero-order chi connectivity index (χ0) is 17.4. The van der Waals surface area contributed by atoms with Crippen LogP contribution < -0.4 is 5.56 Å². The van der Waals surface area contributed by atoms with Crippen molar-refractivity contribution < 1.29 is 4.79 Å². The first kappa shape index (κ1) is 16.1. The van der Waals surface area contributed by atoms with Crippen LogP contribution in [0, 0.1) is 6.92 Å². The average molecular weight is 356 g/mol. The molecule has 0 aromatic carbocycles. The number of aromatic amines is 1. The second-order valence-electron chi connectivity index (χ2n) is 6.47. The zero-order valence-electron chi connectivity index (χ0n) is 14.1. The summed E-state index contributed by atoms with van der Waals surface area (Å²) < 4.78 is 1.48. The lowest BCUT2D eigenvalue weighted by molar-refractivity contribution is -0.134. The molecule has 1 saturated heterocycles. The summed E-state index contributed by atoms with van der Waals surface area (Å²) >= 11 is 1.66. The van der Waals surface area contributed by atoms with E-state index in [1.807, 2.05) is 24.0 Å². The fraction of sp³-hybridized carbons (Fsp3) is 0.389. The van der Waals surface area contributed by atoms with Gasteiger partial charge in [-0.15, -0.1) is 11.3 Å². The molecule has 0 unspecified atom stereocenters. The van der Waals surface area contributed by atoms with Gasteiger partial charge in [-0.3, -0.25) is 14.0 Å². The second-order valence-corrected chi connectivity index (χ2v) is 7.84. The Hall–Kier alpha value is -2.41. The van der Waals surface area contributed by atoms with Crippen LogP contribution in [0.1, 0.15) is 40.8 Å². The fourth-order valence-corrected chi connectivity index (χ4v) is 4.39. The van der Waals surface area contributed by atoms with Gasteiger partial charge < -0.3 is 9.88 Å². The molecule has 25 heavy (non-hydrogen) atoms. The molecule has 7 heteroatoms. The van der Waals surface area contributed by atoms with Crippen molar-refractivity contribution in [1.29, 1.82) is 0 Å². The lowest BCUT2D eigenvalue weighted by Gasteiger charge is -2.35. The van der Waals surface area contributed by atoms with Crippen molar-refractivity contribution in [2.75, 3.05) is 6.54 Å². The average Bonchev–Trinajstić information content (AvgIpc) is 3.24. The number of carbonyl (C=O) groups is 1. The van der Waals surface area contributed by atoms with Crippen molar-refractivity contribution in [2.24, 2.45) is 0 Å². The molecule has 1 atom stereocenters. The third-order valence-electron chi connectivity index (χ3n) is 4.72. The van der Waals surface area contributed by atoms with Gasteiger partial charge in [-0.2, -0.15) is 0 Å². The van der Waals surface area contributed by atoms with E-state index in [0.29, 0.717) is 12.2 Å². The van der Waals surface area contributed by atoms with Crippen molar-refractivity contribution in [2.45, 2.75) is 38.6 Å². The lowest BCUT2D eigenvalue weighted by Crippen LogP contribution is -2.40. The number of nitrogens with one attached hydrogen (secondary N) is 1. The van der Waals surface area contributed by atoms with E-state index in [1.54, 1.807) is 29.8 Å². The molecule has 0 bridgehead atoms. The van der Waals surface area contributed by atoms with Gasteiger partial charge in [0.1, 0.15) is 0 Å². The SMILES string of the molecule is Cc1ccc(CC(=O)N2CCCC[C@@H]2c2cc(=O)n3ccnc3[nH]2)s1. The molecule has 1 amide bonds. The molecule has 4 rings (SSSR count). The van der Waals surface area contributed by atoms with Gasteiger partial charge in [-0.1, -0.05) is 0 Å². The highest BCUT2D eigenvalue weighted by molar-refractivity contribution is 7.12. The Morgan fingerprint density at radius 2 is 2.28 bits per heavy atom. The Kier molecular flexibility index (Phi) is 4.17. The minimum absolute atomic E-state index is 0.0864. The molecular formula is C18H20N4O2S. The minimum Gasteiger partial charge on any atom is -0.334 e. The van der Waals surface area contributed by atoms with Crippen molar-refractivity contribution in [1.82, 2.24) is 19.3 Å². The lowest BCUT2D eigenvalue weighted by atomic mass is 9.98. The van der Waals surface area contributed by atoms with Gasteiger partial charge in [0.05, 0.1) is 12.5 Å². The second kappa shape index (κ2) is 6.48. The van der Waals surface area contributed by atoms with Crippen LogP contribution >= 0.6 is 11.3 Å². The molecule has 130 valence electrons. The van der Waals surface area contributed by atoms with E-state index in [0.717, 1.165) is 36.4 Å². The topological polar surface area (TPSA) is 70.5 Å². The summed E-state index contributed by atoms with van der Waals surface area (Å²) in [5.74, 6) is 0.643. The summed E-state index contributed by atoms with van der Waals surface area (Å²) in [4.78, 5) is 36.8. The molecule has 1 N–H and O–H groups in total. The van der Waals surface area contributed by atoms with Gasteiger partial charge >= 0.3 is 0 Å². The van der Waals surface area contributed by atoms with Crippen LogP contribution in [-0.4, -0.2) is 31.7 Å². The normalized spacial score (nSPS) is 18.0. The summed E-state index contributed by atoms with van der Waals surface area (Å²) in [5.41, 5.74) is 0.659. The van der Waals surface area contributed by atoms with Crippen molar-refractivity contribution in [3.8, 4) is 0 Å². The molecule has 4 heterocycles. The monoisotopic (exact) mass is 356 g/mol. The minimum atomic E-state index is -0.117. The number of fused-ring (bicyclic) bond motifs is 1. The molecule has 1 aliphatic rings. The molecule has 3 aromatic rings. The predicted molar refractivity (Wildman–Crippen MR) is 96.9 cm³/mol. The summed E-state index contributed by atoms with van der Waals surface area (Å²) in [6.07, 6.45) is 6.57. The molecule has 0 saturated carbocycles. The summed E-state index contributed by atoms with van der Waals surface area (Å²) in [7, 11) is 0. The fourth-order valence-electron chi connectivity index (χ4n) is 3.51. The molecule has 3 aromatic heterocycles. The van der Waals surface area contributed by atoms with Crippen LogP contribution in [0.5, 0.6) is 0 Å². The number of imidazole rings is 1. The smallest absolute Gasteiger partial charge is 0.259 e. The summed E-state index contributed by atoms with van der Waals surface area (Å²) in [6.45, 7) is 2.78. The molecule has 6 nitrogen and oxygen atoms in total. The predicted octanol–water partition coefficient (Wildman–Crippen LogP) is 2.69. The third-order valence-corrected chi connectivity index (χ3v) is 5.72. The summed E-state index contributed by atoms with van der Waals surface area (Å²) in [5, 5.41) is 0. The van der Waals surface area contributed by atoms with E-state index >= 15 is 0 Å². The van der Waals surface area contributed by atoms with Crippen LogP contribution in [0.4, 0.5) is 0 Å². The van der Waals surface area contributed by atoms with E-state index in [9.17, 15) is 9.59 Å². The van der Waals surface area contributed by atoms with E-state index in [-0.39, 0.29) is 17.5 Å². The molecule has 0 spiro atoms. The van der Waals surface area contributed by atoms with Gasteiger partial charge in [0.25, 0.3) is 5.56 Å². The number of thiophene rings is 1. The van der Waals surface area contributed by atoms with Crippen molar-refractivity contribution >= 4 is 23.0 Å². The highest BCUT2D eigenvalue weighted by atomic mass is 32.1. The number of rotatable bonds is 3. The summed E-state index contributed by atoms with van der Waals surface area (Å²) in [6, 6.07) is 5.58. The molecule has 0 aliphatic carbocycles. The molecule has 0 radical (unpaired) electrons. The number of carbonyl (C=O) groups excluding carboxylic acids is 1. The van der Waals surface area contributed by atoms with Crippen LogP contribution in [-0.2, 0) is 11.2 Å². The van der Waals surface area contributed by atoms with Crippen LogP contribution in [0.2, 0.25) is 0 Å². The number of hydrogen-bond donors (Lipinski definition) is 1.